The fourth-order valence-electron chi connectivity index (χ4n) is 0.702. The molecule has 0 aliphatic rings. The molecule has 0 N–H and O–H groups in total. The molecule has 0 spiro atoms. The largest absolute Gasteiger partial charge is 0.573 e. The van der Waals surface area contributed by atoms with Crippen molar-refractivity contribution >= 4 is 13.4 Å². The van der Waals surface area contributed by atoms with Crippen molar-refractivity contribution in [3.05, 3.63) is 18.3 Å². The van der Waals surface area contributed by atoms with Gasteiger partial charge in [-0.2, -0.15) is 0 Å². The molecule has 2 nitrogen and oxygen atoms in total. The van der Waals surface area contributed by atoms with Crippen molar-refractivity contribution in [1.29, 1.82) is 0 Å². The van der Waals surface area contributed by atoms with Crippen LogP contribution in [0.1, 0.15) is 0 Å². The predicted octanol–water partition coefficient (Wildman–Crippen LogP) is 0.239. The third kappa shape index (κ3) is 2.45. The highest BCUT2D eigenvalue weighted by molar-refractivity contribution is 6.32. The minimum Gasteiger partial charge on any atom is -0.405 e. The molecule has 0 saturated heterocycles. The molecule has 6 heteroatoms. The SMILES string of the molecule is Bc1ncccc1OC(F)(F)F. The number of aromatic nitrogens is 1. The average molecular weight is 175 g/mol. The smallest absolute Gasteiger partial charge is 0.405 e. The van der Waals surface area contributed by atoms with Gasteiger partial charge in [-0.1, -0.05) is 0 Å². The highest BCUT2D eigenvalue weighted by atomic mass is 19.4. The lowest BCUT2D eigenvalue weighted by atomic mass is 10.0. The van der Waals surface area contributed by atoms with Gasteiger partial charge in [0.1, 0.15) is 5.75 Å². The summed E-state index contributed by atoms with van der Waals surface area (Å²) >= 11 is 0. The maximum absolute atomic E-state index is 11.7. The van der Waals surface area contributed by atoms with Gasteiger partial charge in [0.15, 0.2) is 7.85 Å². The number of rotatable bonds is 1. The fourth-order valence-corrected chi connectivity index (χ4v) is 0.702. The van der Waals surface area contributed by atoms with Crippen molar-refractivity contribution < 1.29 is 17.9 Å². The van der Waals surface area contributed by atoms with Crippen LogP contribution in [0.5, 0.6) is 5.75 Å². The number of pyridine rings is 1. The van der Waals surface area contributed by atoms with Gasteiger partial charge in [0.05, 0.1) is 0 Å². The number of hydrogen-bond acceptors (Lipinski definition) is 2. The maximum Gasteiger partial charge on any atom is 0.573 e. The molecule has 0 aliphatic heterocycles. The second-order valence-corrected chi connectivity index (χ2v) is 2.13. The zero-order valence-electron chi connectivity index (χ0n) is 6.22. The topological polar surface area (TPSA) is 22.1 Å². The Labute approximate surface area is 67.8 Å². The molecule has 1 rings (SSSR count). The number of hydrogen-bond donors (Lipinski definition) is 0. The van der Waals surface area contributed by atoms with Gasteiger partial charge in [0.2, 0.25) is 0 Å². The molecule has 1 heterocycles. The third-order valence-electron chi connectivity index (χ3n) is 1.18. The Bertz CT molecular complexity index is 276. The number of alkyl halides is 3. The van der Waals surface area contributed by atoms with Crippen molar-refractivity contribution in [2.75, 3.05) is 0 Å². The quantitative estimate of drug-likeness (QED) is 0.570. The van der Waals surface area contributed by atoms with E-state index in [-0.39, 0.29) is 11.3 Å². The lowest BCUT2D eigenvalue weighted by Gasteiger charge is -2.09. The van der Waals surface area contributed by atoms with Crippen LogP contribution < -0.4 is 10.3 Å². The summed E-state index contributed by atoms with van der Waals surface area (Å²) < 4.78 is 38.7. The van der Waals surface area contributed by atoms with Crippen LogP contribution in [-0.4, -0.2) is 19.2 Å². The van der Waals surface area contributed by atoms with Crippen LogP contribution in [0.3, 0.4) is 0 Å². The number of ether oxygens (including phenoxy) is 1. The lowest BCUT2D eigenvalue weighted by Crippen LogP contribution is -2.23. The van der Waals surface area contributed by atoms with E-state index in [1.807, 2.05) is 0 Å². The Morgan fingerprint density at radius 1 is 1.42 bits per heavy atom. The van der Waals surface area contributed by atoms with E-state index in [2.05, 4.69) is 9.72 Å². The summed E-state index contributed by atoms with van der Waals surface area (Å²) in [6, 6.07) is 2.60. The predicted molar refractivity (Wildman–Crippen MR) is 39.1 cm³/mol. The van der Waals surface area contributed by atoms with Crippen LogP contribution in [0.4, 0.5) is 13.2 Å². The molecule has 1 aromatic heterocycles. The lowest BCUT2D eigenvalue weighted by molar-refractivity contribution is -0.274. The molecule has 0 aromatic carbocycles. The van der Waals surface area contributed by atoms with E-state index < -0.39 is 6.36 Å². The minimum atomic E-state index is -4.65. The Hall–Kier alpha value is -1.20. The van der Waals surface area contributed by atoms with Gasteiger partial charge in [0, 0.05) is 11.8 Å². The Balaban J connectivity index is 2.83. The minimum absolute atomic E-state index is 0.217. The summed E-state index contributed by atoms with van der Waals surface area (Å²) in [6.07, 6.45) is -3.24. The van der Waals surface area contributed by atoms with Gasteiger partial charge in [-0.05, 0) is 12.1 Å². The molecule has 0 radical (unpaired) electrons. The Morgan fingerprint density at radius 3 is 2.58 bits per heavy atom. The molecule has 0 fully saturated rings. The summed E-state index contributed by atoms with van der Waals surface area (Å²) in [4.78, 5) is 3.64. The van der Waals surface area contributed by atoms with Gasteiger partial charge >= 0.3 is 6.36 Å². The number of nitrogens with zero attached hydrogens (tertiary/aromatic N) is 1. The highest BCUT2D eigenvalue weighted by Gasteiger charge is 2.31. The van der Waals surface area contributed by atoms with Crippen LogP contribution in [0, 0.1) is 0 Å². The summed E-state index contributed by atoms with van der Waals surface area (Å²) in [7, 11) is 1.45. The molecule has 0 bridgehead atoms. The summed E-state index contributed by atoms with van der Waals surface area (Å²) in [5, 5.41) is 0. The second kappa shape index (κ2) is 3.04. The van der Waals surface area contributed by atoms with Gasteiger partial charge in [0.25, 0.3) is 0 Å². The third-order valence-corrected chi connectivity index (χ3v) is 1.18. The van der Waals surface area contributed by atoms with Gasteiger partial charge in [-0.3, -0.25) is 4.98 Å². The van der Waals surface area contributed by atoms with Crippen LogP contribution >= 0.6 is 0 Å². The van der Waals surface area contributed by atoms with E-state index in [0.29, 0.717) is 0 Å². The van der Waals surface area contributed by atoms with E-state index in [1.165, 1.54) is 26.2 Å². The van der Waals surface area contributed by atoms with Crippen LogP contribution in [0.25, 0.3) is 0 Å². The molecule has 64 valence electrons. The first-order valence-electron chi connectivity index (χ1n) is 3.16. The molecule has 0 saturated carbocycles. The standard InChI is InChI=1S/C6H5BF3NO/c7-5-4(2-1-3-11-5)12-6(8,9)10/h1-3H,7H2. The normalized spacial score (nSPS) is 11.2. The Morgan fingerprint density at radius 2 is 2.08 bits per heavy atom. The molecule has 0 amide bonds. The van der Waals surface area contributed by atoms with Gasteiger partial charge < -0.3 is 4.74 Å². The van der Waals surface area contributed by atoms with Crippen molar-refractivity contribution in [3.8, 4) is 5.75 Å². The number of halogens is 3. The molecular formula is C6H5BF3NO. The molecule has 0 atom stereocenters. The maximum atomic E-state index is 11.7. The summed E-state index contributed by atoms with van der Waals surface area (Å²) in [6.45, 7) is 0. The van der Waals surface area contributed by atoms with Crippen molar-refractivity contribution in [2.45, 2.75) is 6.36 Å². The second-order valence-electron chi connectivity index (χ2n) is 2.13. The Kier molecular flexibility index (Phi) is 2.26. The van der Waals surface area contributed by atoms with Crippen LogP contribution in [0.2, 0.25) is 0 Å². The summed E-state index contributed by atoms with van der Waals surface area (Å²) in [5.41, 5.74) is 0.217. The monoisotopic (exact) mass is 175 g/mol. The van der Waals surface area contributed by atoms with Crippen molar-refractivity contribution in [3.63, 3.8) is 0 Å². The summed E-state index contributed by atoms with van der Waals surface area (Å²) in [5.74, 6) is -0.259. The highest BCUT2D eigenvalue weighted by Crippen LogP contribution is 2.19. The van der Waals surface area contributed by atoms with Gasteiger partial charge in [-0.25, -0.2) is 0 Å². The fraction of sp³-hybridized carbons (Fsp3) is 0.167. The molecule has 12 heavy (non-hydrogen) atoms. The molecule has 0 unspecified atom stereocenters. The van der Waals surface area contributed by atoms with Crippen molar-refractivity contribution in [1.82, 2.24) is 4.98 Å². The molecule has 0 aliphatic carbocycles. The average Bonchev–Trinajstić information content (AvgIpc) is 1.91. The van der Waals surface area contributed by atoms with E-state index in [1.54, 1.807) is 0 Å². The van der Waals surface area contributed by atoms with Crippen molar-refractivity contribution in [2.24, 2.45) is 0 Å². The van der Waals surface area contributed by atoms with Gasteiger partial charge in [-0.15, -0.1) is 13.2 Å². The zero-order valence-corrected chi connectivity index (χ0v) is 6.22. The molecule has 1 aromatic rings. The van der Waals surface area contributed by atoms with E-state index >= 15 is 0 Å². The first kappa shape index (κ1) is 8.90. The first-order chi connectivity index (χ1) is 5.49. The van der Waals surface area contributed by atoms with E-state index in [4.69, 9.17) is 0 Å². The van der Waals surface area contributed by atoms with Crippen LogP contribution in [0.15, 0.2) is 18.3 Å². The van der Waals surface area contributed by atoms with E-state index in [0.717, 1.165) is 0 Å². The van der Waals surface area contributed by atoms with Crippen LogP contribution in [-0.2, 0) is 0 Å². The van der Waals surface area contributed by atoms with E-state index in [9.17, 15) is 13.2 Å². The zero-order chi connectivity index (χ0) is 9.19. The first-order valence-corrected chi connectivity index (χ1v) is 3.16. The molecular weight excluding hydrogens is 170 g/mol.